The van der Waals surface area contributed by atoms with Crippen LogP contribution in [-0.4, -0.2) is 26.1 Å². The van der Waals surface area contributed by atoms with Crippen molar-refractivity contribution in [1.29, 1.82) is 0 Å². The lowest BCUT2D eigenvalue weighted by molar-refractivity contribution is -0.120. The van der Waals surface area contributed by atoms with Crippen molar-refractivity contribution in [3.8, 4) is 5.75 Å². The van der Waals surface area contributed by atoms with Crippen molar-refractivity contribution in [1.82, 2.24) is 0 Å². The van der Waals surface area contributed by atoms with Crippen molar-refractivity contribution in [3.63, 3.8) is 0 Å². The first-order valence-corrected chi connectivity index (χ1v) is 6.66. The highest BCUT2D eigenvalue weighted by Crippen LogP contribution is 2.29. The van der Waals surface area contributed by atoms with Crippen molar-refractivity contribution < 1.29 is 9.53 Å². The maximum Gasteiger partial charge on any atom is 0.243 e. The van der Waals surface area contributed by atoms with Crippen LogP contribution >= 0.6 is 24.0 Å². The molecule has 2 unspecified atom stereocenters. The topological polar surface area (TPSA) is 55.6 Å². The smallest absolute Gasteiger partial charge is 0.243 e. The largest absolute Gasteiger partial charge is 0.495 e. The van der Waals surface area contributed by atoms with E-state index in [2.05, 4.69) is 0 Å². The molecule has 0 fully saturated rings. The molecule has 0 aromatic heterocycles. The van der Waals surface area contributed by atoms with E-state index in [4.69, 9.17) is 22.1 Å². The van der Waals surface area contributed by atoms with E-state index in [-0.39, 0.29) is 24.2 Å². The van der Waals surface area contributed by atoms with Crippen LogP contribution in [0.4, 0.5) is 5.69 Å². The van der Waals surface area contributed by atoms with Crippen molar-refractivity contribution in [2.24, 2.45) is 11.7 Å². The summed E-state index contributed by atoms with van der Waals surface area (Å²) in [6.07, 6.45) is 0.865. The number of ether oxygens (including phenoxy) is 1. The van der Waals surface area contributed by atoms with Gasteiger partial charge >= 0.3 is 0 Å². The highest BCUT2D eigenvalue weighted by atomic mass is 35.5. The molecule has 20 heavy (non-hydrogen) atoms. The molecule has 0 spiro atoms. The number of nitrogens with zero attached hydrogens (tertiary/aromatic N) is 1. The Kier molecular flexibility index (Phi) is 7.94. The number of anilines is 1. The Morgan fingerprint density at radius 1 is 1.50 bits per heavy atom. The van der Waals surface area contributed by atoms with E-state index in [0.29, 0.717) is 16.5 Å². The van der Waals surface area contributed by atoms with Crippen LogP contribution in [0.25, 0.3) is 0 Å². The molecule has 0 heterocycles. The lowest BCUT2D eigenvalue weighted by Crippen LogP contribution is -2.45. The first-order chi connectivity index (χ1) is 8.92. The minimum atomic E-state index is -0.504. The summed E-state index contributed by atoms with van der Waals surface area (Å²) < 4.78 is 5.08. The molecule has 1 aromatic rings. The highest BCUT2D eigenvalue weighted by molar-refractivity contribution is 6.32. The Bertz CT molecular complexity index is 455. The molecular formula is C14H22Cl2N2O2. The lowest BCUT2D eigenvalue weighted by Gasteiger charge is -2.25. The summed E-state index contributed by atoms with van der Waals surface area (Å²) in [7, 11) is 3.25. The van der Waals surface area contributed by atoms with E-state index in [0.717, 1.165) is 6.42 Å². The van der Waals surface area contributed by atoms with Crippen LogP contribution in [-0.2, 0) is 4.79 Å². The van der Waals surface area contributed by atoms with Gasteiger partial charge in [-0.2, -0.15) is 0 Å². The summed E-state index contributed by atoms with van der Waals surface area (Å²) in [4.78, 5) is 13.8. The molecule has 4 nitrogen and oxygen atoms in total. The van der Waals surface area contributed by atoms with E-state index in [1.165, 1.54) is 4.90 Å². The monoisotopic (exact) mass is 320 g/mol. The summed E-state index contributed by atoms with van der Waals surface area (Å²) >= 11 is 6.05. The SMILES string of the molecule is CCC(C)C(N)C(=O)N(C)c1ccc(OC)c(Cl)c1.Cl. The van der Waals surface area contributed by atoms with Crippen molar-refractivity contribution >= 4 is 35.6 Å². The number of rotatable bonds is 5. The van der Waals surface area contributed by atoms with Crippen LogP contribution in [0.5, 0.6) is 5.75 Å². The third kappa shape index (κ3) is 4.27. The van der Waals surface area contributed by atoms with E-state index in [9.17, 15) is 4.79 Å². The van der Waals surface area contributed by atoms with Crippen LogP contribution in [0, 0.1) is 5.92 Å². The fraction of sp³-hybridized carbons (Fsp3) is 0.500. The average molecular weight is 321 g/mol. The summed E-state index contributed by atoms with van der Waals surface area (Å²) in [6.45, 7) is 3.99. The molecule has 0 bridgehead atoms. The summed E-state index contributed by atoms with van der Waals surface area (Å²) in [5.74, 6) is 0.608. The Morgan fingerprint density at radius 2 is 2.10 bits per heavy atom. The van der Waals surface area contributed by atoms with Gasteiger partial charge in [-0.3, -0.25) is 4.79 Å². The van der Waals surface area contributed by atoms with Crippen LogP contribution in [0.1, 0.15) is 20.3 Å². The lowest BCUT2D eigenvalue weighted by atomic mass is 9.99. The third-order valence-corrected chi connectivity index (χ3v) is 3.69. The Labute approximate surface area is 131 Å². The van der Waals surface area contributed by atoms with Gasteiger partial charge in [0.1, 0.15) is 5.75 Å². The number of carbonyl (C=O) groups excluding carboxylic acids is 1. The van der Waals surface area contributed by atoms with E-state index in [1.54, 1.807) is 32.4 Å². The van der Waals surface area contributed by atoms with Gasteiger partial charge in [0, 0.05) is 12.7 Å². The number of amides is 1. The molecular weight excluding hydrogens is 299 g/mol. The van der Waals surface area contributed by atoms with Gasteiger partial charge in [0.05, 0.1) is 18.2 Å². The molecule has 1 amide bonds. The average Bonchev–Trinajstić information content (AvgIpc) is 2.43. The number of benzene rings is 1. The van der Waals surface area contributed by atoms with Gasteiger partial charge in [-0.05, 0) is 24.1 Å². The second-order valence-corrected chi connectivity index (χ2v) is 5.03. The Morgan fingerprint density at radius 3 is 2.55 bits per heavy atom. The van der Waals surface area contributed by atoms with Crippen LogP contribution < -0.4 is 15.4 Å². The van der Waals surface area contributed by atoms with Gasteiger partial charge in [-0.15, -0.1) is 12.4 Å². The van der Waals surface area contributed by atoms with Gasteiger partial charge in [0.2, 0.25) is 5.91 Å². The van der Waals surface area contributed by atoms with Gasteiger partial charge in [0.15, 0.2) is 0 Å². The molecule has 1 aromatic carbocycles. The zero-order chi connectivity index (χ0) is 14.6. The Balaban J connectivity index is 0.00000361. The Hall–Kier alpha value is -0.970. The zero-order valence-electron chi connectivity index (χ0n) is 12.2. The molecule has 0 aliphatic heterocycles. The van der Waals surface area contributed by atoms with Crippen molar-refractivity contribution in [2.45, 2.75) is 26.3 Å². The number of nitrogens with two attached hydrogens (primary N) is 1. The molecule has 2 N–H and O–H groups in total. The fourth-order valence-electron chi connectivity index (χ4n) is 1.71. The highest BCUT2D eigenvalue weighted by Gasteiger charge is 2.23. The minimum Gasteiger partial charge on any atom is -0.495 e. The predicted molar refractivity (Wildman–Crippen MR) is 86.1 cm³/mol. The molecule has 1 rings (SSSR count). The molecule has 0 saturated carbocycles. The van der Waals surface area contributed by atoms with Gasteiger partial charge in [-0.25, -0.2) is 0 Å². The number of hydrogen-bond donors (Lipinski definition) is 1. The van der Waals surface area contributed by atoms with E-state index >= 15 is 0 Å². The number of halogens is 2. The number of methoxy groups -OCH3 is 1. The number of carbonyl (C=O) groups is 1. The molecule has 0 radical (unpaired) electrons. The van der Waals surface area contributed by atoms with E-state index < -0.39 is 6.04 Å². The predicted octanol–water partition coefficient (Wildman–Crippen LogP) is 3.11. The summed E-state index contributed by atoms with van der Waals surface area (Å²) in [5.41, 5.74) is 6.66. The maximum atomic E-state index is 12.2. The standard InChI is InChI=1S/C14H21ClN2O2.ClH/c1-5-9(2)13(16)14(18)17(3)10-6-7-12(19-4)11(15)8-10;/h6-9,13H,5,16H2,1-4H3;1H. The third-order valence-electron chi connectivity index (χ3n) is 3.40. The molecule has 0 aliphatic rings. The maximum absolute atomic E-state index is 12.2. The van der Waals surface area contributed by atoms with Crippen molar-refractivity contribution in [2.75, 3.05) is 19.1 Å². The summed E-state index contributed by atoms with van der Waals surface area (Å²) in [6, 6.07) is 4.71. The second kappa shape index (κ2) is 8.35. The first kappa shape index (κ1) is 19.0. The summed E-state index contributed by atoms with van der Waals surface area (Å²) in [5, 5.41) is 0.469. The molecule has 0 aliphatic carbocycles. The zero-order valence-corrected chi connectivity index (χ0v) is 13.8. The fourth-order valence-corrected chi connectivity index (χ4v) is 1.96. The number of hydrogen-bond acceptors (Lipinski definition) is 3. The number of likely N-dealkylation sites (N-methyl/N-ethyl adjacent to an activating group) is 1. The molecule has 0 saturated heterocycles. The second-order valence-electron chi connectivity index (χ2n) is 4.63. The molecule has 114 valence electrons. The van der Waals surface area contributed by atoms with Gasteiger partial charge in [0.25, 0.3) is 0 Å². The van der Waals surface area contributed by atoms with Gasteiger partial charge in [-0.1, -0.05) is 31.9 Å². The van der Waals surface area contributed by atoms with Crippen LogP contribution in [0.15, 0.2) is 18.2 Å². The van der Waals surface area contributed by atoms with E-state index in [1.807, 2.05) is 13.8 Å². The quantitative estimate of drug-likeness (QED) is 0.906. The van der Waals surface area contributed by atoms with Crippen LogP contribution in [0.3, 0.4) is 0 Å². The van der Waals surface area contributed by atoms with Crippen LogP contribution in [0.2, 0.25) is 5.02 Å². The molecule has 6 heteroatoms. The van der Waals surface area contributed by atoms with Gasteiger partial charge < -0.3 is 15.4 Å². The normalized spacial score (nSPS) is 13.1. The minimum absolute atomic E-state index is 0. The van der Waals surface area contributed by atoms with Crippen molar-refractivity contribution in [3.05, 3.63) is 23.2 Å². The first-order valence-electron chi connectivity index (χ1n) is 6.29. The molecule has 2 atom stereocenters.